The van der Waals surface area contributed by atoms with Crippen LogP contribution in [0.15, 0.2) is 12.1 Å². The minimum atomic E-state index is -0.649. The Morgan fingerprint density at radius 2 is 1.71 bits per heavy atom. The van der Waals surface area contributed by atoms with Crippen LogP contribution in [-0.4, -0.2) is 44.7 Å². The predicted octanol–water partition coefficient (Wildman–Crippen LogP) is -3.38. The largest absolute Gasteiger partial charge is 1.00 e. The van der Waals surface area contributed by atoms with E-state index in [1.165, 1.54) is 0 Å². The number of carbonyl (C=O) groups is 1. The molecule has 0 aliphatic carbocycles. The number of aromatic hydroxyl groups is 3. The van der Waals surface area contributed by atoms with Crippen molar-refractivity contribution < 1.29 is 54.1 Å². The topological polar surface area (TPSA) is 87.0 Å². The third-order valence-electron chi connectivity index (χ3n) is 1.41. The van der Waals surface area contributed by atoms with E-state index in [0.29, 0.717) is 0 Å². The number of carbonyl (C=O) groups excluding carboxylic acids is 1. The first kappa shape index (κ1) is 13.9. The van der Waals surface area contributed by atoms with Crippen molar-refractivity contribution in [1.82, 2.24) is 0 Å². The van der Waals surface area contributed by atoms with Crippen LogP contribution >= 0.6 is 0 Å². The molecule has 0 saturated heterocycles. The van der Waals surface area contributed by atoms with Crippen LogP contribution in [-0.2, 0) is 3.02 Å². The van der Waals surface area contributed by atoms with Gasteiger partial charge in [0.2, 0.25) is 0 Å². The fourth-order valence-corrected chi connectivity index (χ4v) is 1.18. The van der Waals surface area contributed by atoms with Crippen LogP contribution in [0.2, 0.25) is 0 Å². The number of hydrogen-bond donors (Lipinski definition) is 3. The van der Waals surface area contributed by atoms with Gasteiger partial charge in [0.1, 0.15) is 0 Å². The summed E-state index contributed by atoms with van der Waals surface area (Å²) < 4.78 is 4.47. The third kappa shape index (κ3) is 2.95. The SMILES string of the molecule is O=C([O][SbH2])c1cc(O)c(O)c(O)c1.[H-].[Na+]. The van der Waals surface area contributed by atoms with E-state index in [1.807, 2.05) is 0 Å². The van der Waals surface area contributed by atoms with E-state index < -0.39 is 23.2 Å². The summed E-state index contributed by atoms with van der Waals surface area (Å²) in [5.74, 6) is -2.40. The zero-order valence-electron chi connectivity index (χ0n) is 8.39. The molecule has 0 bridgehead atoms. The summed E-state index contributed by atoms with van der Waals surface area (Å²) in [4.78, 5) is 10.9. The molecule has 0 unspecified atom stereocenters. The van der Waals surface area contributed by atoms with Gasteiger partial charge >= 0.3 is 117 Å². The van der Waals surface area contributed by atoms with Gasteiger partial charge in [-0.1, -0.05) is 0 Å². The quantitative estimate of drug-likeness (QED) is 0.372. The number of hydrogen-bond acceptors (Lipinski definition) is 5. The number of phenols is 3. The predicted molar refractivity (Wildman–Crippen MR) is 46.5 cm³/mol. The molecule has 0 aliphatic heterocycles. The Labute approximate surface area is 118 Å². The van der Waals surface area contributed by atoms with E-state index in [4.69, 9.17) is 15.3 Å². The van der Waals surface area contributed by atoms with E-state index >= 15 is 0 Å². The Bertz CT molecular complexity index is 336. The Morgan fingerprint density at radius 3 is 2.07 bits per heavy atom. The van der Waals surface area contributed by atoms with Crippen molar-refractivity contribution in [2.45, 2.75) is 0 Å². The second kappa shape index (κ2) is 5.71. The first-order valence-electron chi connectivity index (χ1n) is 3.22. The van der Waals surface area contributed by atoms with Crippen molar-refractivity contribution in [3.05, 3.63) is 17.7 Å². The van der Waals surface area contributed by atoms with E-state index in [1.54, 1.807) is 0 Å². The first-order chi connectivity index (χ1) is 6.06. The molecule has 0 amide bonds. The molecule has 1 aromatic carbocycles. The smallest absolute Gasteiger partial charge is 1.00 e. The molecule has 5 nitrogen and oxygen atoms in total. The van der Waals surface area contributed by atoms with Gasteiger partial charge < -0.3 is 1.43 Å². The van der Waals surface area contributed by atoms with Crippen LogP contribution in [0.25, 0.3) is 0 Å². The summed E-state index contributed by atoms with van der Waals surface area (Å²) in [6.45, 7) is 0. The fraction of sp³-hybridized carbons (Fsp3) is 0. The number of rotatable bonds is 1. The van der Waals surface area contributed by atoms with Crippen molar-refractivity contribution in [2.75, 3.05) is 0 Å². The summed E-state index contributed by atoms with van der Waals surface area (Å²) in [6.07, 6.45) is 0. The summed E-state index contributed by atoms with van der Waals surface area (Å²) in [7, 11) is 0. The maximum atomic E-state index is 10.9. The molecule has 0 aliphatic rings. The normalized spacial score (nSPS) is 8.93. The number of benzene rings is 1. The van der Waals surface area contributed by atoms with Gasteiger partial charge in [0.25, 0.3) is 0 Å². The average molecular weight is 317 g/mol. The molecule has 0 spiro atoms. The molecule has 0 heterocycles. The van der Waals surface area contributed by atoms with Crippen LogP contribution < -0.4 is 29.6 Å². The molecule has 0 fully saturated rings. The van der Waals surface area contributed by atoms with Crippen molar-refractivity contribution in [3.63, 3.8) is 0 Å². The second-order valence-corrected chi connectivity index (χ2v) is 2.94. The zero-order valence-corrected chi connectivity index (χ0v) is 12.7. The molecule has 0 atom stereocenters. The van der Waals surface area contributed by atoms with Crippen molar-refractivity contribution in [2.24, 2.45) is 0 Å². The minimum Gasteiger partial charge on any atom is -1.00 e. The maximum Gasteiger partial charge on any atom is 1.00 e. The Morgan fingerprint density at radius 1 is 1.29 bits per heavy atom. The van der Waals surface area contributed by atoms with Gasteiger partial charge in [-0.25, -0.2) is 0 Å². The third-order valence-corrected chi connectivity index (χ3v) is 2.02. The van der Waals surface area contributed by atoms with Crippen LogP contribution in [0.5, 0.6) is 17.2 Å². The molecule has 0 aromatic heterocycles. The van der Waals surface area contributed by atoms with E-state index in [-0.39, 0.29) is 60.0 Å². The van der Waals surface area contributed by atoms with Crippen LogP contribution in [0.1, 0.15) is 11.8 Å². The summed E-state index contributed by atoms with van der Waals surface area (Å²) in [5.41, 5.74) is 0.000370. The molecule has 72 valence electrons. The van der Waals surface area contributed by atoms with Gasteiger partial charge in [-0.05, 0) is 0 Å². The summed E-state index contributed by atoms with van der Waals surface area (Å²) in [5, 5.41) is 27.0. The molecule has 0 radical (unpaired) electrons. The van der Waals surface area contributed by atoms with Crippen LogP contribution in [0.4, 0.5) is 0 Å². The van der Waals surface area contributed by atoms with Gasteiger partial charge in [-0.2, -0.15) is 0 Å². The summed E-state index contributed by atoms with van der Waals surface area (Å²) >= 11 is 0.287. The molecule has 0 saturated carbocycles. The van der Waals surface area contributed by atoms with Gasteiger partial charge in [0, 0.05) is 0 Å². The van der Waals surface area contributed by atoms with Crippen molar-refractivity contribution in [3.8, 4) is 17.2 Å². The molecule has 7 heteroatoms. The standard InChI is InChI=1S/C7H6O5.Na.Sb.3H/c8-4-1-3(7(11)12)2-5(9)6(4)10;;;;;/h1-2,8-10H,(H,11,12);;;;;/q;2*+1;;;-1/p-1. The second-order valence-electron chi connectivity index (χ2n) is 2.27. The summed E-state index contributed by atoms with van der Waals surface area (Å²) in [6, 6.07) is 2.04. The van der Waals surface area contributed by atoms with Crippen molar-refractivity contribution >= 4 is 29.4 Å². The van der Waals surface area contributed by atoms with Crippen LogP contribution in [0, 0.1) is 0 Å². The molecular formula is C7H8NaO5Sb. The zero-order chi connectivity index (χ0) is 10.0. The van der Waals surface area contributed by atoms with Gasteiger partial charge in [0.05, 0.1) is 0 Å². The molecule has 1 rings (SSSR count). The van der Waals surface area contributed by atoms with Gasteiger partial charge in [-0.15, -0.1) is 0 Å². The Hall–Kier alpha value is -0.0918. The Balaban J connectivity index is 0. The monoisotopic (exact) mass is 316 g/mol. The minimum absolute atomic E-state index is 0. The van der Waals surface area contributed by atoms with E-state index in [0.717, 1.165) is 12.1 Å². The fourth-order valence-electron chi connectivity index (χ4n) is 0.790. The molecule has 1 aromatic rings. The van der Waals surface area contributed by atoms with E-state index in [2.05, 4.69) is 3.02 Å². The molecular weight excluding hydrogens is 309 g/mol. The molecule has 3 N–H and O–H groups in total. The van der Waals surface area contributed by atoms with E-state index in [9.17, 15) is 4.79 Å². The first-order valence-corrected chi connectivity index (χ1v) is 4.56. The maximum absolute atomic E-state index is 10.9. The van der Waals surface area contributed by atoms with Gasteiger partial charge in [-0.3, -0.25) is 0 Å². The van der Waals surface area contributed by atoms with Crippen molar-refractivity contribution in [1.29, 1.82) is 0 Å². The van der Waals surface area contributed by atoms with Crippen LogP contribution in [0.3, 0.4) is 0 Å². The van der Waals surface area contributed by atoms with Gasteiger partial charge in [0.15, 0.2) is 0 Å². The Kier molecular flexibility index (Phi) is 5.67. The number of phenolic OH excluding ortho intramolecular Hbond substituents is 3. The molecule has 14 heavy (non-hydrogen) atoms. The average Bonchev–Trinajstić information content (AvgIpc) is 2.12.